The molecule has 0 amide bonds. The summed E-state index contributed by atoms with van der Waals surface area (Å²) in [6.07, 6.45) is 2.02. The van der Waals surface area contributed by atoms with Gasteiger partial charge in [0, 0.05) is 42.4 Å². The van der Waals surface area contributed by atoms with E-state index in [1.54, 1.807) is 18.2 Å². The van der Waals surface area contributed by atoms with Crippen LogP contribution in [-0.2, 0) is 4.84 Å². The van der Waals surface area contributed by atoms with Gasteiger partial charge in [-0.15, -0.1) is 0 Å². The lowest BCUT2D eigenvalue weighted by Gasteiger charge is -2.14. The Morgan fingerprint density at radius 1 is 1.13 bits per heavy atom. The van der Waals surface area contributed by atoms with Gasteiger partial charge < -0.3 is 10.2 Å². The van der Waals surface area contributed by atoms with Crippen molar-refractivity contribution in [1.82, 2.24) is 9.88 Å². The molecule has 1 saturated heterocycles. The van der Waals surface area contributed by atoms with Gasteiger partial charge in [0.2, 0.25) is 0 Å². The molecular weight excluding hydrogens is 447 g/mol. The molecule has 0 aliphatic carbocycles. The number of hydrogen-bond donors (Lipinski definition) is 1. The summed E-state index contributed by atoms with van der Waals surface area (Å²) in [5, 5.41) is 7.87. The Balaban J connectivity index is 1.85. The maximum absolute atomic E-state index is 14.6. The molecule has 0 bridgehead atoms. The summed E-state index contributed by atoms with van der Waals surface area (Å²) in [5.74, 6) is -1.52. The average molecular weight is 464 g/mol. The molecule has 1 aromatic heterocycles. The van der Waals surface area contributed by atoms with Gasteiger partial charge in [-0.3, -0.25) is 9.36 Å². The molecule has 160 valence electrons. The predicted octanol–water partition coefficient (Wildman–Crippen LogP) is 4.55. The number of hydrogen-bond acceptors (Lipinski definition) is 4. The number of aromatic nitrogens is 1. The zero-order valence-electron chi connectivity index (χ0n) is 16.1. The van der Waals surface area contributed by atoms with Crippen molar-refractivity contribution in [3.63, 3.8) is 0 Å². The smallest absolute Gasteiger partial charge is 0.255 e. The molecule has 1 atom stereocenters. The van der Waals surface area contributed by atoms with Crippen LogP contribution in [0.25, 0.3) is 5.69 Å². The molecule has 1 fully saturated rings. The molecule has 9 heteroatoms. The fourth-order valence-electron chi connectivity index (χ4n) is 3.31. The zero-order valence-corrected chi connectivity index (χ0v) is 17.6. The average Bonchev–Trinajstić information content (AvgIpc) is 3.25. The summed E-state index contributed by atoms with van der Waals surface area (Å²) in [7, 11) is 0. The standard InChI is InChI=1S/C22H17Cl2F2N3O2/c23-17-2-1-3-18(24)22(17)29-12-13(4-7-20(29)30)21(28-31-15-8-9-27-11-15)16-6-5-14(25)10-19(16)26/h1-7,10,12,15,27H,8-9,11H2/b28-21-/t15-/m1/s1. The SMILES string of the molecule is O=c1ccc(/C(=N/O[C@@H]2CCNC2)c2ccc(F)cc2F)cn1-c1c(Cl)cccc1Cl. The Morgan fingerprint density at radius 3 is 2.58 bits per heavy atom. The normalized spacial score (nSPS) is 16.5. The number of pyridine rings is 1. The predicted molar refractivity (Wildman–Crippen MR) is 116 cm³/mol. The molecule has 31 heavy (non-hydrogen) atoms. The first-order valence-electron chi connectivity index (χ1n) is 9.51. The molecule has 0 unspecified atom stereocenters. The van der Waals surface area contributed by atoms with Crippen LogP contribution in [0.15, 0.2) is 64.7 Å². The summed E-state index contributed by atoms with van der Waals surface area (Å²) in [4.78, 5) is 18.2. The van der Waals surface area contributed by atoms with Crippen LogP contribution in [0.2, 0.25) is 10.0 Å². The maximum Gasteiger partial charge on any atom is 0.255 e. The van der Waals surface area contributed by atoms with Crippen LogP contribution in [0, 0.1) is 11.6 Å². The van der Waals surface area contributed by atoms with E-state index in [1.807, 2.05) is 0 Å². The fourth-order valence-corrected chi connectivity index (χ4v) is 3.88. The Kier molecular flexibility index (Phi) is 6.36. The molecule has 1 N–H and O–H groups in total. The number of nitrogens with one attached hydrogen (secondary N) is 1. The molecule has 5 nitrogen and oxygen atoms in total. The minimum absolute atomic E-state index is 0.0304. The quantitative estimate of drug-likeness (QED) is 0.445. The van der Waals surface area contributed by atoms with E-state index in [4.69, 9.17) is 28.0 Å². The van der Waals surface area contributed by atoms with Gasteiger partial charge in [0.15, 0.2) is 0 Å². The lowest BCUT2D eigenvalue weighted by molar-refractivity contribution is 0.0738. The topological polar surface area (TPSA) is 55.6 Å². The van der Waals surface area contributed by atoms with Crippen LogP contribution < -0.4 is 10.9 Å². The summed E-state index contributed by atoms with van der Waals surface area (Å²) in [5.41, 5.74) is 0.410. The van der Waals surface area contributed by atoms with Crippen molar-refractivity contribution in [2.24, 2.45) is 5.16 Å². The third-order valence-corrected chi connectivity index (χ3v) is 5.47. The molecule has 3 aromatic rings. The van der Waals surface area contributed by atoms with E-state index in [9.17, 15) is 13.6 Å². The van der Waals surface area contributed by atoms with Crippen LogP contribution in [0.4, 0.5) is 8.78 Å². The van der Waals surface area contributed by atoms with Crippen LogP contribution in [-0.4, -0.2) is 29.5 Å². The van der Waals surface area contributed by atoms with Crippen molar-refractivity contribution in [2.45, 2.75) is 12.5 Å². The summed E-state index contributed by atoms with van der Waals surface area (Å²) in [6.45, 7) is 1.40. The van der Waals surface area contributed by atoms with Gasteiger partial charge in [0.05, 0.1) is 15.7 Å². The van der Waals surface area contributed by atoms with Crippen LogP contribution in [0.5, 0.6) is 0 Å². The van der Waals surface area contributed by atoms with Gasteiger partial charge in [-0.05, 0) is 36.9 Å². The fraction of sp³-hybridized carbons (Fsp3) is 0.182. The molecule has 1 aliphatic heterocycles. The monoisotopic (exact) mass is 463 g/mol. The Morgan fingerprint density at radius 2 is 1.90 bits per heavy atom. The molecule has 0 saturated carbocycles. The zero-order chi connectivity index (χ0) is 22.0. The second-order valence-corrected chi connectivity index (χ2v) is 7.79. The molecule has 0 radical (unpaired) electrons. The second-order valence-electron chi connectivity index (χ2n) is 6.98. The number of para-hydroxylation sites is 1. The second kappa shape index (κ2) is 9.18. The maximum atomic E-state index is 14.6. The first-order valence-corrected chi connectivity index (χ1v) is 10.3. The van der Waals surface area contributed by atoms with Crippen molar-refractivity contribution in [3.8, 4) is 5.69 Å². The van der Waals surface area contributed by atoms with Crippen LogP contribution in [0.1, 0.15) is 17.5 Å². The molecular formula is C22H17Cl2F2N3O2. The molecule has 2 heterocycles. The van der Waals surface area contributed by atoms with Gasteiger partial charge in [0.1, 0.15) is 23.5 Å². The number of oxime groups is 1. The number of halogens is 4. The first kappa shape index (κ1) is 21.5. The highest BCUT2D eigenvalue weighted by Crippen LogP contribution is 2.28. The summed E-state index contributed by atoms with van der Waals surface area (Å²) < 4.78 is 29.4. The van der Waals surface area contributed by atoms with E-state index < -0.39 is 17.2 Å². The van der Waals surface area contributed by atoms with Crippen molar-refractivity contribution in [1.29, 1.82) is 0 Å². The minimum Gasteiger partial charge on any atom is -0.391 e. The lowest BCUT2D eigenvalue weighted by atomic mass is 10.0. The van der Waals surface area contributed by atoms with Gasteiger partial charge in [-0.2, -0.15) is 0 Å². The van der Waals surface area contributed by atoms with E-state index in [1.165, 1.54) is 29.0 Å². The Bertz CT molecular complexity index is 1190. The first-order chi connectivity index (χ1) is 14.9. The van der Waals surface area contributed by atoms with Crippen molar-refractivity contribution in [3.05, 3.63) is 97.9 Å². The van der Waals surface area contributed by atoms with E-state index in [2.05, 4.69) is 10.5 Å². The minimum atomic E-state index is -0.805. The number of rotatable bonds is 5. The highest BCUT2D eigenvalue weighted by atomic mass is 35.5. The molecule has 1 aliphatic rings. The Hall–Kier alpha value is -2.74. The number of benzene rings is 2. The highest BCUT2D eigenvalue weighted by molar-refractivity contribution is 6.37. The largest absolute Gasteiger partial charge is 0.391 e. The van der Waals surface area contributed by atoms with Gasteiger partial charge in [-0.1, -0.05) is 34.4 Å². The number of nitrogens with zero attached hydrogens (tertiary/aromatic N) is 2. The molecule has 2 aromatic carbocycles. The van der Waals surface area contributed by atoms with Gasteiger partial charge in [-0.25, -0.2) is 8.78 Å². The third-order valence-electron chi connectivity index (χ3n) is 4.86. The highest BCUT2D eigenvalue weighted by Gasteiger charge is 2.20. The van der Waals surface area contributed by atoms with E-state index in [0.29, 0.717) is 12.1 Å². The van der Waals surface area contributed by atoms with E-state index in [0.717, 1.165) is 25.1 Å². The van der Waals surface area contributed by atoms with Crippen molar-refractivity contribution in [2.75, 3.05) is 13.1 Å². The third kappa shape index (κ3) is 4.63. The van der Waals surface area contributed by atoms with Gasteiger partial charge in [0.25, 0.3) is 5.56 Å². The van der Waals surface area contributed by atoms with Crippen LogP contribution >= 0.6 is 23.2 Å². The van der Waals surface area contributed by atoms with E-state index >= 15 is 0 Å². The summed E-state index contributed by atoms with van der Waals surface area (Å²) >= 11 is 12.5. The Labute approximate surface area is 186 Å². The van der Waals surface area contributed by atoms with E-state index in [-0.39, 0.29) is 33.1 Å². The van der Waals surface area contributed by atoms with Crippen molar-refractivity contribution >= 4 is 28.9 Å². The van der Waals surface area contributed by atoms with Gasteiger partial charge >= 0.3 is 0 Å². The summed E-state index contributed by atoms with van der Waals surface area (Å²) in [6, 6.07) is 10.8. The molecule has 0 spiro atoms. The van der Waals surface area contributed by atoms with Crippen LogP contribution in [0.3, 0.4) is 0 Å². The lowest BCUT2D eigenvalue weighted by Crippen LogP contribution is -2.21. The molecule has 4 rings (SSSR count). The van der Waals surface area contributed by atoms with Crippen molar-refractivity contribution < 1.29 is 13.6 Å².